The summed E-state index contributed by atoms with van der Waals surface area (Å²) in [4.78, 5) is 14.3. The third-order valence-corrected chi connectivity index (χ3v) is 4.01. The Hall–Kier alpha value is -2.14. The van der Waals surface area contributed by atoms with Crippen LogP contribution >= 0.6 is 0 Å². The van der Waals surface area contributed by atoms with E-state index in [4.69, 9.17) is 0 Å². The van der Waals surface area contributed by atoms with Crippen molar-refractivity contribution in [2.45, 2.75) is 32.9 Å². The minimum absolute atomic E-state index is 0.133. The predicted molar refractivity (Wildman–Crippen MR) is 86.9 cm³/mol. The Balaban J connectivity index is 1.52. The van der Waals surface area contributed by atoms with Crippen LogP contribution in [0.15, 0.2) is 36.7 Å². The average molecular weight is 298 g/mol. The molecule has 0 saturated heterocycles. The smallest absolute Gasteiger partial charge is 0.240 e. The number of nitrogens with one attached hydrogen (secondary N) is 1. The molecule has 0 bridgehead atoms. The number of hydrogen-bond donors (Lipinski definition) is 1. The van der Waals surface area contributed by atoms with Crippen molar-refractivity contribution in [2.75, 3.05) is 18.0 Å². The maximum Gasteiger partial charge on any atom is 0.240 e. The number of nitrogens with zero attached hydrogens (tertiary/aromatic N) is 3. The molecule has 1 atom stereocenters. The predicted octanol–water partition coefficient (Wildman–Crippen LogP) is 1.76. The number of rotatable bonds is 5. The van der Waals surface area contributed by atoms with Crippen LogP contribution in [-0.2, 0) is 17.8 Å². The van der Waals surface area contributed by atoms with Crippen molar-refractivity contribution < 1.29 is 4.79 Å². The van der Waals surface area contributed by atoms with Gasteiger partial charge in [0.15, 0.2) is 0 Å². The van der Waals surface area contributed by atoms with Gasteiger partial charge in [0.1, 0.15) is 0 Å². The SMILES string of the molecule is Cc1cnn(CC(C)NCC(=O)N2CCc3ccccc32)c1. The standard InChI is InChI=1S/C17H22N4O/c1-13-9-19-20(11-13)12-14(2)18-10-17(22)21-8-7-15-5-3-4-6-16(15)21/h3-6,9,11,14,18H,7-8,10,12H2,1-2H3. The fourth-order valence-corrected chi connectivity index (χ4v) is 2.87. The van der Waals surface area contributed by atoms with Crippen LogP contribution in [0.5, 0.6) is 0 Å². The number of para-hydroxylation sites is 1. The number of carbonyl (C=O) groups is 1. The maximum absolute atomic E-state index is 12.4. The summed E-state index contributed by atoms with van der Waals surface area (Å²) in [7, 11) is 0. The molecule has 1 aromatic carbocycles. The molecule has 1 amide bonds. The van der Waals surface area contributed by atoms with Gasteiger partial charge in [-0.1, -0.05) is 18.2 Å². The number of fused-ring (bicyclic) bond motifs is 1. The van der Waals surface area contributed by atoms with E-state index in [9.17, 15) is 4.79 Å². The summed E-state index contributed by atoms with van der Waals surface area (Å²) < 4.78 is 1.91. The molecule has 1 aromatic heterocycles. The van der Waals surface area contributed by atoms with Gasteiger partial charge in [0.2, 0.25) is 5.91 Å². The molecule has 1 aliphatic rings. The molecule has 1 aliphatic heterocycles. The highest BCUT2D eigenvalue weighted by atomic mass is 16.2. The lowest BCUT2D eigenvalue weighted by molar-refractivity contribution is -0.117. The Morgan fingerprint density at radius 3 is 3.00 bits per heavy atom. The minimum Gasteiger partial charge on any atom is -0.311 e. The second-order valence-electron chi connectivity index (χ2n) is 5.95. The first-order valence-electron chi connectivity index (χ1n) is 7.74. The van der Waals surface area contributed by atoms with Gasteiger partial charge in [-0.15, -0.1) is 0 Å². The van der Waals surface area contributed by atoms with E-state index in [1.54, 1.807) is 0 Å². The van der Waals surface area contributed by atoms with Gasteiger partial charge in [-0.25, -0.2) is 0 Å². The first kappa shape index (κ1) is 14.8. The highest BCUT2D eigenvalue weighted by Gasteiger charge is 2.23. The van der Waals surface area contributed by atoms with E-state index in [0.717, 1.165) is 30.8 Å². The Morgan fingerprint density at radius 1 is 1.41 bits per heavy atom. The van der Waals surface area contributed by atoms with Crippen molar-refractivity contribution in [1.82, 2.24) is 15.1 Å². The van der Waals surface area contributed by atoms with E-state index >= 15 is 0 Å². The average Bonchev–Trinajstić information content (AvgIpc) is 3.11. The van der Waals surface area contributed by atoms with Crippen LogP contribution < -0.4 is 10.2 Å². The molecule has 1 N–H and O–H groups in total. The highest BCUT2D eigenvalue weighted by Crippen LogP contribution is 2.27. The largest absolute Gasteiger partial charge is 0.311 e. The number of carbonyl (C=O) groups excluding carboxylic acids is 1. The van der Waals surface area contributed by atoms with E-state index in [-0.39, 0.29) is 11.9 Å². The van der Waals surface area contributed by atoms with Gasteiger partial charge in [0.25, 0.3) is 0 Å². The van der Waals surface area contributed by atoms with Gasteiger partial charge in [0, 0.05) is 24.5 Å². The molecule has 0 fully saturated rings. The molecule has 0 radical (unpaired) electrons. The molecule has 22 heavy (non-hydrogen) atoms. The Bertz CT molecular complexity index is 664. The van der Waals surface area contributed by atoms with Gasteiger partial charge < -0.3 is 10.2 Å². The van der Waals surface area contributed by atoms with Crippen LogP contribution in [0.2, 0.25) is 0 Å². The summed E-state index contributed by atoms with van der Waals surface area (Å²) in [5.74, 6) is 0.133. The van der Waals surface area contributed by atoms with Crippen LogP contribution in [-0.4, -0.2) is 34.8 Å². The lowest BCUT2D eigenvalue weighted by atomic mass is 10.2. The van der Waals surface area contributed by atoms with Gasteiger partial charge in [0.05, 0.1) is 19.3 Å². The number of amides is 1. The third-order valence-electron chi connectivity index (χ3n) is 4.01. The Kier molecular flexibility index (Phi) is 4.24. The van der Waals surface area contributed by atoms with Crippen molar-refractivity contribution in [1.29, 1.82) is 0 Å². The third kappa shape index (κ3) is 3.20. The number of anilines is 1. The molecule has 1 unspecified atom stereocenters. The fraction of sp³-hybridized carbons (Fsp3) is 0.412. The van der Waals surface area contributed by atoms with Gasteiger partial charge in [-0.05, 0) is 37.5 Å². The van der Waals surface area contributed by atoms with Crippen molar-refractivity contribution in [3.05, 3.63) is 47.8 Å². The summed E-state index contributed by atoms with van der Waals surface area (Å²) in [6.45, 7) is 6.00. The first-order chi connectivity index (χ1) is 10.6. The van der Waals surface area contributed by atoms with Gasteiger partial charge in [-0.2, -0.15) is 5.10 Å². The second-order valence-corrected chi connectivity index (χ2v) is 5.95. The molecule has 0 saturated carbocycles. The van der Waals surface area contributed by atoms with Crippen LogP contribution in [0, 0.1) is 6.92 Å². The van der Waals surface area contributed by atoms with Crippen molar-refractivity contribution in [3.8, 4) is 0 Å². The Labute approximate surface area is 130 Å². The van der Waals surface area contributed by atoms with E-state index in [2.05, 4.69) is 23.4 Å². The van der Waals surface area contributed by atoms with Crippen LogP contribution in [0.1, 0.15) is 18.1 Å². The molecule has 2 aromatic rings. The van der Waals surface area contributed by atoms with Crippen LogP contribution in [0.25, 0.3) is 0 Å². The van der Waals surface area contributed by atoms with Gasteiger partial charge in [-0.3, -0.25) is 9.48 Å². The summed E-state index contributed by atoms with van der Waals surface area (Å²) in [5, 5.41) is 7.57. The number of hydrogen-bond acceptors (Lipinski definition) is 3. The molecule has 0 spiro atoms. The molecule has 2 heterocycles. The second kappa shape index (κ2) is 6.32. The Morgan fingerprint density at radius 2 is 2.23 bits per heavy atom. The molecule has 116 valence electrons. The van der Waals surface area contributed by atoms with Crippen LogP contribution in [0.4, 0.5) is 5.69 Å². The molecule has 5 heteroatoms. The van der Waals surface area contributed by atoms with Crippen molar-refractivity contribution >= 4 is 11.6 Å². The lowest BCUT2D eigenvalue weighted by Gasteiger charge is -2.19. The molecular formula is C17H22N4O. The van der Waals surface area contributed by atoms with Crippen LogP contribution in [0.3, 0.4) is 0 Å². The fourth-order valence-electron chi connectivity index (χ4n) is 2.87. The van der Waals surface area contributed by atoms with E-state index in [0.29, 0.717) is 6.54 Å². The highest BCUT2D eigenvalue weighted by molar-refractivity contribution is 5.96. The van der Waals surface area contributed by atoms with E-state index in [1.807, 2.05) is 47.1 Å². The zero-order chi connectivity index (χ0) is 15.5. The van der Waals surface area contributed by atoms with Crippen molar-refractivity contribution in [3.63, 3.8) is 0 Å². The zero-order valence-electron chi connectivity index (χ0n) is 13.1. The topological polar surface area (TPSA) is 50.2 Å². The molecule has 5 nitrogen and oxygen atoms in total. The summed E-state index contributed by atoms with van der Waals surface area (Å²) in [5.41, 5.74) is 3.47. The van der Waals surface area contributed by atoms with Gasteiger partial charge >= 0.3 is 0 Å². The maximum atomic E-state index is 12.4. The summed E-state index contributed by atoms with van der Waals surface area (Å²) in [6.07, 6.45) is 4.81. The summed E-state index contributed by atoms with van der Waals surface area (Å²) >= 11 is 0. The van der Waals surface area contributed by atoms with E-state index < -0.39 is 0 Å². The lowest BCUT2D eigenvalue weighted by Crippen LogP contribution is -2.41. The summed E-state index contributed by atoms with van der Waals surface area (Å²) in [6, 6.07) is 8.33. The monoisotopic (exact) mass is 298 g/mol. The van der Waals surface area contributed by atoms with Crippen molar-refractivity contribution in [2.24, 2.45) is 0 Å². The number of aryl methyl sites for hydroxylation is 1. The number of benzene rings is 1. The molecule has 3 rings (SSSR count). The number of aromatic nitrogens is 2. The normalized spacial score (nSPS) is 14.9. The zero-order valence-corrected chi connectivity index (χ0v) is 13.1. The quantitative estimate of drug-likeness (QED) is 0.915. The molecule has 0 aliphatic carbocycles. The molecular weight excluding hydrogens is 276 g/mol. The first-order valence-corrected chi connectivity index (χ1v) is 7.74. The minimum atomic E-state index is 0.133. The van der Waals surface area contributed by atoms with E-state index in [1.165, 1.54) is 5.56 Å².